The van der Waals surface area contributed by atoms with Gasteiger partial charge in [0.2, 0.25) is 0 Å². The van der Waals surface area contributed by atoms with Gasteiger partial charge in [-0.3, -0.25) is 4.55 Å². The van der Waals surface area contributed by atoms with Gasteiger partial charge in [-0.05, 0) is 42.0 Å². The van der Waals surface area contributed by atoms with Crippen molar-refractivity contribution in [1.82, 2.24) is 0 Å². The second-order valence-corrected chi connectivity index (χ2v) is 5.28. The molecule has 0 saturated carbocycles. The fourth-order valence-electron chi connectivity index (χ4n) is 1.46. The van der Waals surface area contributed by atoms with Gasteiger partial charge in [0.05, 0.1) is 4.90 Å². The zero-order valence-corrected chi connectivity index (χ0v) is 10.6. The van der Waals surface area contributed by atoms with Gasteiger partial charge in [0.25, 0.3) is 10.1 Å². The maximum atomic E-state index is 12.7. The zero-order chi connectivity index (χ0) is 13.9. The summed E-state index contributed by atoms with van der Waals surface area (Å²) in [7, 11) is -4.19. The molecule has 102 valence electrons. The Morgan fingerprint density at radius 2 is 1.55 bits per heavy atom. The average molecular weight is 306 g/mol. The molecule has 0 radical (unpaired) electrons. The Morgan fingerprint density at radius 1 is 1.00 bits per heavy atom. The van der Waals surface area contributed by atoms with Gasteiger partial charge in [-0.2, -0.15) is 8.42 Å². The first-order chi connectivity index (χ1) is 8.95. The molecule has 0 atom stereocenters. The van der Waals surface area contributed by atoms with Gasteiger partial charge in [0, 0.05) is 0 Å². The summed E-state index contributed by atoms with van der Waals surface area (Å²) >= 11 is 0. The fourth-order valence-corrected chi connectivity index (χ4v) is 1.94. The van der Waals surface area contributed by atoms with Gasteiger partial charge in [0.15, 0.2) is 0 Å². The van der Waals surface area contributed by atoms with E-state index in [2.05, 4.69) is 0 Å². The minimum absolute atomic E-state index is 0. The summed E-state index contributed by atoms with van der Waals surface area (Å²) in [4.78, 5) is -0.193. The van der Waals surface area contributed by atoms with Crippen LogP contribution in [0.15, 0.2) is 53.4 Å². The molecule has 0 bridgehead atoms. The van der Waals surface area contributed by atoms with Crippen LogP contribution in [0.25, 0.3) is 0 Å². The van der Waals surface area contributed by atoms with Crippen molar-refractivity contribution in [2.75, 3.05) is 0 Å². The fraction of sp³-hybridized carbons (Fsp3) is 0.0769. The maximum absolute atomic E-state index is 12.7. The number of rotatable bonds is 4. The SMILES string of the molecule is O=S(=O)(O)c1ccc(OCc2ccc(F)cc2)cc1.[NaH]. The Hall–Kier alpha value is -0.920. The van der Waals surface area contributed by atoms with Crippen LogP contribution < -0.4 is 4.74 Å². The summed E-state index contributed by atoms with van der Waals surface area (Å²) in [6.07, 6.45) is 0. The summed E-state index contributed by atoms with van der Waals surface area (Å²) in [5, 5.41) is 0. The predicted molar refractivity (Wildman–Crippen MR) is 74.1 cm³/mol. The molecule has 4 nitrogen and oxygen atoms in total. The van der Waals surface area contributed by atoms with Gasteiger partial charge in [-0.25, -0.2) is 4.39 Å². The van der Waals surface area contributed by atoms with E-state index in [1.54, 1.807) is 12.1 Å². The molecule has 0 saturated heterocycles. The van der Waals surface area contributed by atoms with Crippen LogP contribution in [0.3, 0.4) is 0 Å². The Morgan fingerprint density at radius 3 is 2.05 bits per heavy atom. The van der Waals surface area contributed by atoms with E-state index in [1.165, 1.54) is 36.4 Å². The Bertz CT molecular complexity index is 654. The van der Waals surface area contributed by atoms with Crippen molar-refractivity contribution in [1.29, 1.82) is 0 Å². The summed E-state index contributed by atoms with van der Waals surface area (Å²) < 4.78 is 48.6. The predicted octanol–water partition coefficient (Wildman–Crippen LogP) is 2.00. The summed E-state index contributed by atoms with van der Waals surface area (Å²) in [6.45, 7) is 0.242. The minimum atomic E-state index is -4.19. The van der Waals surface area contributed by atoms with Crippen molar-refractivity contribution in [2.45, 2.75) is 11.5 Å². The monoisotopic (exact) mass is 306 g/mol. The summed E-state index contributed by atoms with van der Waals surface area (Å²) in [5.74, 6) is 0.137. The normalized spacial score (nSPS) is 10.7. The molecule has 0 aromatic heterocycles. The molecule has 2 rings (SSSR count). The Balaban J connectivity index is 0.00000200. The van der Waals surface area contributed by atoms with Crippen LogP contribution in [0.2, 0.25) is 0 Å². The summed E-state index contributed by atoms with van der Waals surface area (Å²) in [5.41, 5.74) is 0.792. The van der Waals surface area contributed by atoms with E-state index in [0.29, 0.717) is 5.75 Å². The quantitative estimate of drug-likeness (QED) is 0.693. The van der Waals surface area contributed by atoms with E-state index in [4.69, 9.17) is 9.29 Å². The molecule has 2 aromatic carbocycles. The molecule has 0 spiro atoms. The van der Waals surface area contributed by atoms with E-state index in [9.17, 15) is 12.8 Å². The van der Waals surface area contributed by atoms with Crippen LogP contribution in [0.4, 0.5) is 4.39 Å². The third-order valence-corrected chi connectivity index (χ3v) is 3.31. The van der Waals surface area contributed by atoms with E-state index < -0.39 is 10.1 Å². The van der Waals surface area contributed by atoms with E-state index in [-0.39, 0.29) is 46.9 Å². The van der Waals surface area contributed by atoms with Crippen molar-refractivity contribution >= 4 is 39.7 Å². The summed E-state index contributed by atoms with van der Waals surface area (Å²) in [6, 6.07) is 11.2. The van der Waals surface area contributed by atoms with Gasteiger partial charge in [-0.15, -0.1) is 0 Å². The first kappa shape index (κ1) is 17.1. The third kappa shape index (κ3) is 4.88. The average Bonchev–Trinajstić information content (AvgIpc) is 2.37. The molecule has 0 aliphatic rings. The Kier molecular flexibility index (Phi) is 6.16. The number of halogens is 1. The van der Waals surface area contributed by atoms with Crippen LogP contribution in [0, 0.1) is 5.82 Å². The number of hydrogen-bond acceptors (Lipinski definition) is 3. The van der Waals surface area contributed by atoms with E-state index in [1.807, 2.05) is 0 Å². The molecule has 0 aliphatic heterocycles. The molecule has 7 heteroatoms. The van der Waals surface area contributed by atoms with Gasteiger partial charge < -0.3 is 4.74 Å². The number of ether oxygens (including phenoxy) is 1. The molecular weight excluding hydrogens is 294 g/mol. The van der Waals surface area contributed by atoms with Crippen LogP contribution in [0.1, 0.15) is 5.56 Å². The molecule has 1 N–H and O–H groups in total. The molecule has 0 heterocycles. The van der Waals surface area contributed by atoms with Crippen molar-refractivity contribution < 1.29 is 22.1 Å². The molecule has 0 fully saturated rings. The number of hydrogen-bond donors (Lipinski definition) is 1. The van der Waals surface area contributed by atoms with E-state index in [0.717, 1.165) is 5.56 Å². The van der Waals surface area contributed by atoms with Crippen LogP contribution in [0.5, 0.6) is 5.75 Å². The van der Waals surface area contributed by atoms with E-state index >= 15 is 0 Å². The van der Waals surface area contributed by atoms with Gasteiger partial charge in [0.1, 0.15) is 18.2 Å². The van der Waals surface area contributed by atoms with Gasteiger partial charge in [-0.1, -0.05) is 12.1 Å². The molecular formula is C13H12FNaO4S. The van der Waals surface area contributed by atoms with Crippen molar-refractivity contribution in [3.05, 3.63) is 59.9 Å². The molecule has 0 unspecified atom stereocenters. The van der Waals surface area contributed by atoms with Crippen LogP contribution in [-0.4, -0.2) is 42.5 Å². The topological polar surface area (TPSA) is 63.6 Å². The van der Waals surface area contributed by atoms with Crippen molar-refractivity contribution in [2.24, 2.45) is 0 Å². The first-order valence-electron chi connectivity index (χ1n) is 5.40. The van der Waals surface area contributed by atoms with Crippen molar-refractivity contribution in [3.63, 3.8) is 0 Å². The molecule has 0 amide bonds. The molecule has 0 aliphatic carbocycles. The van der Waals surface area contributed by atoms with Gasteiger partial charge >= 0.3 is 29.6 Å². The Labute approximate surface area is 138 Å². The number of benzene rings is 2. The standard InChI is InChI=1S/C13H11FO4S.Na.H/c14-11-3-1-10(2-4-11)9-18-12-5-7-13(8-6-12)19(15,16)17;;/h1-8H,9H2,(H,15,16,17);;. The second-order valence-electron chi connectivity index (χ2n) is 3.86. The zero-order valence-electron chi connectivity index (χ0n) is 9.78. The van der Waals surface area contributed by atoms with Crippen molar-refractivity contribution in [3.8, 4) is 5.75 Å². The third-order valence-electron chi connectivity index (χ3n) is 2.44. The second kappa shape index (κ2) is 7.19. The van der Waals surface area contributed by atoms with Crippen LogP contribution in [-0.2, 0) is 16.7 Å². The molecule has 2 aromatic rings. The first-order valence-corrected chi connectivity index (χ1v) is 6.84. The molecule has 20 heavy (non-hydrogen) atoms. The van der Waals surface area contributed by atoms with Crippen LogP contribution >= 0.6 is 0 Å².